The fraction of sp³-hybridized carbons (Fsp3) is 0.455. The molecule has 3 heteroatoms. The fourth-order valence-electron chi connectivity index (χ4n) is 2.08. The van der Waals surface area contributed by atoms with Gasteiger partial charge in [-0.25, -0.2) is 0 Å². The van der Waals surface area contributed by atoms with Crippen LogP contribution in [0.4, 0.5) is 0 Å². The van der Waals surface area contributed by atoms with E-state index in [4.69, 9.17) is 23.2 Å². The molecule has 0 atom stereocenters. The average Bonchev–Trinajstić information content (AvgIpc) is 2.58. The van der Waals surface area contributed by atoms with Crippen molar-refractivity contribution >= 4 is 23.2 Å². The lowest BCUT2D eigenvalue weighted by Crippen LogP contribution is -2.21. The van der Waals surface area contributed by atoms with Crippen molar-refractivity contribution in [3.8, 4) is 0 Å². The molecule has 1 nitrogen and oxygen atoms in total. The number of halogens is 2. The molecule has 14 heavy (non-hydrogen) atoms. The zero-order valence-corrected chi connectivity index (χ0v) is 9.28. The van der Waals surface area contributed by atoms with Gasteiger partial charge in [0.25, 0.3) is 0 Å². The van der Waals surface area contributed by atoms with Gasteiger partial charge in [-0.05, 0) is 31.0 Å². The van der Waals surface area contributed by atoms with Crippen LogP contribution in [-0.2, 0) is 5.60 Å². The van der Waals surface area contributed by atoms with Crippen molar-refractivity contribution in [3.05, 3.63) is 33.8 Å². The maximum absolute atomic E-state index is 10.3. The zero-order valence-electron chi connectivity index (χ0n) is 7.76. The van der Waals surface area contributed by atoms with Gasteiger partial charge < -0.3 is 5.11 Å². The van der Waals surface area contributed by atoms with Crippen LogP contribution in [-0.4, -0.2) is 5.11 Å². The van der Waals surface area contributed by atoms with Crippen molar-refractivity contribution in [1.29, 1.82) is 0 Å². The molecule has 1 fully saturated rings. The highest BCUT2D eigenvalue weighted by molar-refractivity contribution is 6.33. The second kappa shape index (κ2) is 3.73. The van der Waals surface area contributed by atoms with Crippen molar-refractivity contribution in [3.63, 3.8) is 0 Å². The van der Waals surface area contributed by atoms with Crippen molar-refractivity contribution in [2.45, 2.75) is 31.3 Å². The van der Waals surface area contributed by atoms with Crippen molar-refractivity contribution in [2.75, 3.05) is 0 Å². The standard InChI is InChI=1S/C11H12Cl2O/c12-8-3-4-10(13)9(7-8)11(14)5-1-2-6-11/h3-4,7,14H,1-2,5-6H2. The van der Waals surface area contributed by atoms with Crippen molar-refractivity contribution in [2.24, 2.45) is 0 Å². The molecule has 1 N–H and O–H groups in total. The second-order valence-electron chi connectivity index (χ2n) is 3.86. The minimum Gasteiger partial charge on any atom is -0.385 e. The molecule has 76 valence electrons. The first-order valence-corrected chi connectivity index (χ1v) is 5.55. The Labute approximate surface area is 93.7 Å². The van der Waals surface area contributed by atoms with E-state index in [0.717, 1.165) is 31.2 Å². The molecular weight excluding hydrogens is 219 g/mol. The molecule has 0 aliphatic heterocycles. The summed E-state index contributed by atoms with van der Waals surface area (Å²) in [6, 6.07) is 5.26. The number of rotatable bonds is 1. The SMILES string of the molecule is OC1(c2cc(Cl)ccc2Cl)CCCC1. The summed E-state index contributed by atoms with van der Waals surface area (Å²) in [4.78, 5) is 0. The number of hydrogen-bond acceptors (Lipinski definition) is 1. The van der Waals surface area contributed by atoms with Crippen LogP contribution in [0, 0.1) is 0 Å². The van der Waals surface area contributed by atoms with Crippen LogP contribution in [0.1, 0.15) is 31.2 Å². The Balaban J connectivity index is 2.44. The van der Waals surface area contributed by atoms with Gasteiger partial charge in [-0.15, -0.1) is 0 Å². The fourth-order valence-corrected chi connectivity index (χ4v) is 2.55. The highest BCUT2D eigenvalue weighted by Gasteiger charge is 2.34. The Bertz CT molecular complexity index is 343. The molecule has 2 rings (SSSR count). The van der Waals surface area contributed by atoms with Crippen LogP contribution >= 0.6 is 23.2 Å². The minimum atomic E-state index is -0.748. The first-order valence-electron chi connectivity index (χ1n) is 4.80. The summed E-state index contributed by atoms with van der Waals surface area (Å²) < 4.78 is 0. The van der Waals surface area contributed by atoms with E-state index in [0.29, 0.717) is 10.0 Å². The summed E-state index contributed by atoms with van der Waals surface area (Å²) in [7, 11) is 0. The molecule has 1 saturated carbocycles. The Morgan fingerprint density at radius 3 is 2.43 bits per heavy atom. The summed E-state index contributed by atoms with van der Waals surface area (Å²) >= 11 is 11.9. The smallest absolute Gasteiger partial charge is 0.0911 e. The van der Waals surface area contributed by atoms with Gasteiger partial charge in [0, 0.05) is 15.6 Å². The third kappa shape index (κ3) is 1.77. The van der Waals surface area contributed by atoms with E-state index in [1.165, 1.54) is 0 Å². The van der Waals surface area contributed by atoms with Gasteiger partial charge in [0.15, 0.2) is 0 Å². The van der Waals surface area contributed by atoms with Crippen molar-refractivity contribution < 1.29 is 5.11 Å². The van der Waals surface area contributed by atoms with Crippen LogP contribution in [0.25, 0.3) is 0 Å². The van der Waals surface area contributed by atoms with E-state index in [-0.39, 0.29) is 0 Å². The van der Waals surface area contributed by atoms with E-state index in [1.54, 1.807) is 18.2 Å². The average molecular weight is 231 g/mol. The predicted molar refractivity (Wildman–Crippen MR) is 58.8 cm³/mol. The molecule has 0 bridgehead atoms. The molecule has 0 heterocycles. The molecule has 0 spiro atoms. The second-order valence-corrected chi connectivity index (χ2v) is 4.71. The van der Waals surface area contributed by atoms with Gasteiger partial charge in [0.2, 0.25) is 0 Å². The van der Waals surface area contributed by atoms with Gasteiger partial charge in [-0.2, -0.15) is 0 Å². The Kier molecular flexibility index (Phi) is 2.74. The van der Waals surface area contributed by atoms with Gasteiger partial charge in [-0.3, -0.25) is 0 Å². The predicted octanol–water partition coefficient (Wildman–Crippen LogP) is 3.76. The number of benzene rings is 1. The summed E-state index contributed by atoms with van der Waals surface area (Å²) in [6.45, 7) is 0. The Morgan fingerprint density at radius 2 is 1.79 bits per heavy atom. The minimum absolute atomic E-state index is 0.610. The van der Waals surface area contributed by atoms with Crippen LogP contribution in [0.5, 0.6) is 0 Å². The van der Waals surface area contributed by atoms with Crippen LogP contribution in [0.15, 0.2) is 18.2 Å². The maximum Gasteiger partial charge on any atom is 0.0911 e. The number of hydrogen-bond donors (Lipinski definition) is 1. The Morgan fingerprint density at radius 1 is 1.14 bits per heavy atom. The van der Waals surface area contributed by atoms with Gasteiger partial charge in [0.1, 0.15) is 0 Å². The summed E-state index contributed by atoms with van der Waals surface area (Å²) in [6.07, 6.45) is 3.68. The third-order valence-electron chi connectivity index (χ3n) is 2.86. The highest BCUT2D eigenvalue weighted by atomic mass is 35.5. The maximum atomic E-state index is 10.3. The number of aliphatic hydroxyl groups is 1. The monoisotopic (exact) mass is 230 g/mol. The molecular formula is C11H12Cl2O. The van der Waals surface area contributed by atoms with Gasteiger partial charge in [-0.1, -0.05) is 36.0 Å². The first-order chi connectivity index (χ1) is 6.62. The topological polar surface area (TPSA) is 20.2 Å². The summed E-state index contributed by atoms with van der Waals surface area (Å²) in [5.74, 6) is 0. The molecule has 0 unspecified atom stereocenters. The Hall–Kier alpha value is -0.240. The lowest BCUT2D eigenvalue weighted by atomic mass is 9.92. The molecule has 0 amide bonds. The summed E-state index contributed by atoms with van der Waals surface area (Å²) in [5.41, 5.74) is 0.0336. The summed E-state index contributed by atoms with van der Waals surface area (Å²) in [5, 5.41) is 11.6. The first kappa shape index (κ1) is 10.3. The van der Waals surface area contributed by atoms with E-state index in [2.05, 4.69) is 0 Å². The van der Waals surface area contributed by atoms with E-state index in [1.807, 2.05) is 0 Å². The lowest BCUT2D eigenvalue weighted by Gasteiger charge is -2.23. The van der Waals surface area contributed by atoms with Gasteiger partial charge in [0.05, 0.1) is 5.60 Å². The van der Waals surface area contributed by atoms with Crippen molar-refractivity contribution in [1.82, 2.24) is 0 Å². The van der Waals surface area contributed by atoms with Crippen LogP contribution < -0.4 is 0 Å². The quantitative estimate of drug-likeness (QED) is 0.780. The molecule has 1 aromatic rings. The largest absolute Gasteiger partial charge is 0.385 e. The van der Waals surface area contributed by atoms with Crippen LogP contribution in [0.2, 0.25) is 10.0 Å². The molecule has 0 saturated heterocycles. The lowest BCUT2D eigenvalue weighted by molar-refractivity contribution is 0.0446. The third-order valence-corrected chi connectivity index (χ3v) is 3.43. The highest BCUT2D eigenvalue weighted by Crippen LogP contribution is 2.42. The van der Waals surface area contributed by atoms with E-state index < -0.39 is 5.60 Å². The van der Waals surface area contributed by atoms with E-state index >= 15 is 0 Å². The zero-order chi connectivity index (χ0) is 10.2. The van der Waals surface area contributed by atoms with Crippen LogP contribution in [0.3, 0.4) is 0 Å². The normalized spacial score (nSPS) is 19.9. The molecule has 0 radical (unpaired) electrons. The van der Waals surface area contributed by atoms with Gasteiger partial charge >= 0.3 is 0 Å². The molecule has 1 aliphatic rings. The molecule has 1 aromatic carbocycles. The van der Waals surface area contributed by atoms with E-state index in [9.17, 15) is 5.11 Å². The molecule has 1 aliphatic carbocycles. The molecule has 0 aromatic heterocycles.